The Bertz CT molecular complexity index is 1170. The number of carbonyl (C=O) groups excluding carboxylic acids is 1. The predicted molar refractivity (Wildman–Crippen MR) is 111 cm³/mol. The third kappa shape index (κ3) is 3.48. The average Bonchev–Trinajstić information content (AvgIpc) is 3.12. The molecule has 1 N–H and O–H groups in total. The molecule has 2 heterocycles. The first-order chi connectivity index (χ1) is 13.5. The van der Waals surface area contributed by atoms with Crippen LogP contribution in [0.15, 0.2) is 63.5 Å². The van der Waals surface area contributed by atoms with Crippen molar-refractivity contribution in [2.45, 2.75) is 6.92 Å². The maximum absolute atomic E-state index is 12.7. The number of methoxy groups -OCH3 is 1. The summed E-state index contributed by atoms with van der Waals surface area (Å²) in [5, 5.41) is 2.89. The first kappa shape index (κ1) is 18.2. The van der Waals surface area contributed by atoms with Crippen molar-refractivity contribution in [3.63, 3.8) is 0 Å². The number of oxazole rings is 1. The number of halogens is 1. The quantitative estimate of drug-likeness (QED) is 0.473. The lowest BCUT2D eigenvalue weighted by atomic mass is 10.2. The van der Waals surface area contributed by atoms with E-state index in [0.717, 1.165) is 5.56 Å². The van der Waals surface area contributed by atoms with Gasteiger partial charge in [-0.15, -0.1) is 0 Å². The van der Waals surface area contributed by atoms with Gasteiger partial charge in [-0.3, -0.25) is 4.79 Å². The molecule has 2 aromatic heterocycles. The number of pyridine rings is 1. The number of carbonyl (C=O) groups is 1. The van der Waals surface area contributed by atoms with E-state index in [2.05, 4.69) is 31.2 Å². The highest BCUT2D eigenvalue weighted by Crippen LogP contribution is 2.28. The van der Waals surface area contributed by atoms with Gasteiger partial charge in [0, 0.05) is 10.0 Å². The number of nitrogens with zero attached hydrogens (tertiary/aromatic N) is 2. The molecule has 0 unspecified atom stereocenters. The molecule has 0 bridgehead atoms. The van der Waals surface area contributed by atoms with E-state index >= 15 is 0 Å². The maximum Gasteiger partial charge on any atom is 0.256 e. The Morgan fingerprint density at radius 1 is 1.11 bits per heavy atom. The van der Waals surface area contributed by atoms with Gasteiger partial charge in [0.05, 0.1) is 24.1 Å². The molecular formula is C21H16BrN3O3. The van der Waals surface area contributed by atoms with Gasteiger partial charge in [0.2, 0.25) is 11.6 Å². The third-order valence-electron chi connectivity index (χ3n) is 4.26. The summed E-state index contributed by atoms with van der Waals surface area (Å²) in [6.07, 6.45) is 0. The fraction of sp³-hybridized carbons (Fsp3) is 0.0952. The molecule has 140 valence electrons. The Labute approximate surface area is 169 Å². The largest absolute Gasteiger partial charge is 0.497 e. The van der Waals surface area contributed by atoms with Crippen LogP contribution in [0.2, 0.25) is 0 Å². The smallest absolute Gasteiger partial charge is 0.256 e. The molecule has 6 nitrogen and oxygen atoms in total. The number of benzene rings is 2. The second-order valence-corrected chi connectivity index (χ2v) is 6.98. The molecular weight excluding hydrogens is 422 g/mol. The van der Waals surface area contributed by atoms with E-state index in [-0.39, 0.29) is 5.91 Å². The highest BCUT2D eigenvalue weighted by molar-refractivity contribution is 9.10. The van der Waals surface area contributed by atoms with Crippen molar-refractivity contribution in [2.24, 2.45) is 0 Å². The van der Waals surface area contributed by atoms with Crippen LogP contribution in [0.3, 0.4) is 0 Å². The van der Waals surface area contributed by atoms with E-state index in [4.69, 9.17) is 9.15 Å². The van der Waals surface area contributed by atoms with Crippen molar-refractivity contribution in [3.8, 4) is 17.2 Å². The zero-order valence-corrected chi connectivity index (χ0v) is 16.8. The molecule has 1 amide bonds. The second kappa shape index (κ2) is 7.44. The summed E-state index contributed by atoms with van der Waals surface area (Å²) in [5.41, 5.74) is 3.53. The Kier molecular flexibility index (Phi) is 4.83. The summed E-state index contributed by atoms with van der Waals surface area (Å²) in [6, 6.07) is 16.6. The van der Waals surface area contributed by atoms with Crippen molar-refractivity contribution in [1.29, 1.82) is 0 Å². The average molecular weight is 438 g/mol. The molecule has 28 heavy (non-hydrogen) atoms. The van der Waals surface area contributed by atoms with E-state index in [1.165, 1.54) is 0 Å². The van der Waals surface area contributed by atoms with Crippen LogP contribution < -0.4 is 10.1 Å². The van der Waals surface area contributed by atoms with Crippen molar-refractivity contribution >= 4 is 38.8 Å². The lowest BCUT2D eigenvalue weighted by molar-refractivity contribution is 0.102. The fourth-order valence-electron chi connectivity index (χ4n) is 2.78. The Morgan fingerprint density at radius 3 is 2.64 bits per heavy atom. The zero-order valence-electron chi connectivity index (χ0n) is 15.2. The van der Waals surface area contributed by atoms with E-state index in [1.807, 2.05) is 30.3 Å². The standard InChI is InChI=1S/C21H16BrN3O3/c1-12-17(24-19(26)15-10-14(27-2)8-9-16(15)22)11-18-21(23-12)28-20(25-18)13-6-4-3-5-7-13/h3-11H,1-2H3,(H,24,26). The lowest BCUT2D eigenvalue weighted by Gasteiger charge is -2.10. The van der Waals surface area contributed by atoms with Crippen LogP contribution in [0.1, 0.15) is 16.1 Å². The predicted octanol–water partition coefficient (Wildman–Crippen LogP) is 5.22. The summed E-state index contributed by atoms with van der Waals surface area (Å²) < 4.78 is 11.6. The molecule has 0 aliphatic carbocycles. The van der Waals surface area contributed by atoms with Crippen LogP contribution in [0.4, 0.5) is 5.69 Å². The number of ether oxygens (including phenoxy) is 1. The minimum Gasteiger partial charge on any atom is -0.497 e. The van der Waals surface area contributed by atoms with Gasteiger partial charge in [-0.05, 0) is 59.3 Å². The topological polar surface area (TPSA) is 77.2 Å². The van der Waals surface area contributed by atoms with Crippen LogP contribution in [0.5, 0.6) is 5.75 Å². The minimum absolute atomic E-state index is 0.276. The molecule has 0 saturated heterocycles. The first-order valence-electron chi connectivity index (χ1n) is 8.53. The van der Waals surface area contributed by atoms with Gasteiger partial charge in [-0.2, -0.15) is 0 Å². The molecule has 0 aliphatic rings. The van der Waals surface area contributed by atoms with Crippen molar-refractivity contribution in [1.82, 2.24) is 9.97 Å². The van der Waals surface area contributed by atoms with Gasteiger partial charge in [0.15, 0.2) is 0 Å². The van der Waals surface area contributed by atoms with E-state index in [1.54, 1.807) is 38.3 Å². The minimum atomic E-state index is -0.276. The van der Waals surface area contributed by atoms with Crippen LogP contribution in [-0.2, 0) is 0 Å². The Balaban J connectivity index is 1.67. The highest BCUT2D eigenvalue weighted by Gasteiger charge is 2.16. The number of nitrogens with one attached hydrogen (secondary N) is 1. The molecule has 7 heteroatoms. The normalized spacial score (nSPS) is 10.8. The van der Waals surface area contributed by atoms with E-state index < -0.39 is 0 Å². The van der Waals surface area contributed by atoms with Gasteiger partial charge in [0.1, 0.15) is 11.3 Å². The number of rotatable bonds is 4. The van der Waals surface area contributed by atoms with Gasteiger partial charge in [0.25, 0.3) is 5.91 Å². The molecule has 0 atom stereocenters. The van der Waals surface area contributed by atoms with E-state index in [9.17, 15) is 4.79 Å². The summed E-state index contributed by atoms with van der Waals surface area (Å²) in [7, 11) is 1.56. The number of fused-ring (bicyclic) bond motifs is 1. The van der Waals surface area contributed by atoms with Gasteiger partial charge >= 0.3 is 0 Å². The number of hydrogen-bond acceptors (Lipinski definition) is 5. The second-order valence-electron chi connectivity index (χ2n) is 6.13. The monoisotopic (exact) mass is 437 g/mol. The first-order valence-corrected chi connectivity index (χ1v) is 9.33. The molecule has 4 aromatic rings. The van der Waals surface area contributed by atoms with Gasteiger partial charge in [-0.25, -0.2) is 9.97 Å². The molecule has 4 rings (SSSR count). The summed E-state index contributed by atoms with van der Waals surface area (Å²) in [4.78, 5) is 21.7. The molecule has 2 aromatic carbocycles. The molecule has 0 saturated carbocycles. The molecule has 0 aliphatic heterocycles. The van der Waals surface area contributed by atoms with Crippen LogP contribution in [0.25, 0.3) is 22.7 Å². The van der Waals surface area contributed by atoms with E-state index in [0.29, 0.717) is 44.3 Å². The van der Waals surface area contributed by atoms with Gasteiger partial charge in [-0.1, -0.05) is 18.2 Å². The number of amides is 1. The Hall–Kier alpha value is -3.19. The third-order valence-corrected chi connectivity index (χ3v) is 4.95. The molecule has 0 spiro atoms. The Morgan fingerprint density at radius 2 is 1.89 bits per heavy atom. The number of anilines is 1. The SMILES string of the molecule is COc1ccc(Br)c(C(=O)Nc2cc3nc(-c4ccccc4)oc3nc2C)c1. The number of aryl methyl sites for hydroxylation is 1. The molecule has 0 radical (unpaired) electrons. The lowest BCUT2D eigenvalue weighted by Crippen LogP contribution is -2.14. The summed E-state index contributed by atoms with van der Waals surface area (Å²) in [5.74, 6) is 0.811. The van der Waals surface area contributed by atoms with Crippen LogP contribution >= 0.6 is 15.9 Å². The number of hydrogen-bond donors (Lipinski definition) is 1. The summed E-state index contributed by atoms with van der Waals surface area (Å²) >= 11 is 3.40. The fourth-order valence-corrected chi connectivity index (χ4v) is 3.20. The van der Waals surface area contributed by atoms with Crippen LogP contribution in [0, 0.1) is 6.92 Å². The highest BCUT2D eigenvalue weighted by atomic mass is 79.9. The van der Waals surface area contributed by atoms with Gasteiger partial charge < -0.3 is 14.5 Å². The molecule has 0 fully saturated rings. The van der Waals surface area contributed by atoms with Crippen molar-refractivity contribution in [3.05, 3.63) is 70.3 Å². The summed E-state index contributed by atoms with van der Waals surface area (Å²) in [6.45, 7) is 1.81. The van der Waals surface area contributed by atoms with Crippen molar-refractivity contribution < 1.29 is 13.9 Å². The number of aromatic nitrogens is 2. The van der Waals surface area contributed by atoms with Crippen LogP contribution in [-0.4, -0.2) is 23.0 Å². The maximum atomic E-state index is 12.7. The zero-order chi connectivity index (χ0) is 19.7. The van der Waals surface area contributed by atoms with Crippen molar-refractivity contribution in [2.75, 3.05) is 12.4 Å².